The molecule has 3 aliphatic rings. The number of nitrogens with zero attached hydrogens (tertiary/aromatic N) is 1. The fourth-order valence-corrected chi connectivity index (χ4v) is 7.28. The van der Waals surface area contributed by atoms with Crippen molar-refractivity contribution in [1.82, 2.24) is 4.90 Å². The van der Waals surface area contributed by atoms with Crippen molar-refractivity contribution in [3.8, 4) is 11.5 Å². The Bertz CT molecular complexity index is 1080. The maximum atomic E-state index is 12.8. The van der Waals surface area contributed by atoms with E-state index >= 15 is 0 Å². The zero-order valence-corrected chi connectivity index (χ0v) is 18.1. The average Bonchev–Trinajstić information content (AvgIpc) is 2.94. The van der Waals surface area contributed by atoms with Gasteiger partial charge in [-0.1, -0.05) is 24.3 Å². The van der Waals surface area contributed by atoms with Crippen LogP contribution in [-0.2, 0) is 14.9 Å². The van der Waals surface area contributed by atoms with Crippen molar-refractivity contribution in [3.05, 3.63) is 64.9 Å². The Morgan fingerprint density at radius 1 is 1.20 bits per heavy atom. The summed E-state index contributed by atoms with van der Waals surface area (Å²) in [6, 6.07) is 11.9. The smallest absolute Gasteiger partial charge is 0.197 e. The lowest BCUT2D eigenvalue weighted by Gasteiger charge is -2.46. The van der Waals surface area contributed by atoms with Gasteiger partial charge in [-0.3, -0.25) is 4.79 Å². The van der Waals surface area contributed by atoms with E-state index in [0.717, 1.165) is 11.1 Å². The number of aryl methyl sites for hydroxylation is 1. The van der Waals surface area contributed by atoms with Crippen LogP contribution in [0.2, 0.25) is 0 Å². The number of methoxy groups -OCH3 is 1. The van der Waals surface area contributed by atoms with Gasteiger partial charge >= 0.3 is 0 Å². The quantitative estimate of drug-likeness (QED) is 0.729. The first-order valence-electron chi connectivity index (χ1n) is 10.1. The first kappa shape index (κ1) is 19.5. The van der Waals surface area contributed by atoms with E-state index in [1.54, 1.807) is 17.8 Å². The molecule has 1 saturated heterocycles. The minimum atomic E-state index is -0.556. The minimum Gasteiger partial charge on any atom is -0.504 e. The van der Waals surface area contributed by atoms with E-state index in [0.29, 0.717) is 12.3 Å². The molecule has 0 radical (unpaired) electrons. The molecule has 5 nitrogen and oxygen atoms in total. The maximum absolute atomic E-state index is 12.8. The lowest BCUT2D eigenvalue weighted by molar-refractivity contribution is -0.120. The number of aromatic hydroxyl groups is 2. The van der Waals surface area contributed by atoms with Gasteiger partial charge in [-0.15, -0.1) is 11.8 Å². The normalized spacial score (nSPS) is 29.9. The minimum absolute atomic E-state index is 0.0110. The molecule has 156 valence electrons. The Morgan fingerprint density at radius 3 is 2.70 bits per heavy atom. The second kappa shape index (κ2) is 6.79. The Kier molecular flexibility index (Phi) is 4.42. The summed E-state index contributed by atoms with van der Waals surface area (Å²) in [4.78, 5) is 16.3. The molecule has 2 N–H and O–H groups in total. The van der Waals surface area contributed by atoms with Crippen molar-refractivity contribution >= 4 is 17.5 Å². The van der Waals surface area contributed by atoms with Crippen LogP contribution in [0.1, 0.15) is 28.4 Å². The highest BCUT2D eigenvalue weighted by Gasteiger charge is 2.62. The standard InChI is InChI=1S/C24H25NO4S/c1-13-6-4-5-7-19(13)30-23-14-8-9-16(26)22(28)20(14)24-11-17(27)18(29-3)10-15(24)21(23)25(2)12-24/h4-10,15,21,23,26,28H,11-12H2,1-3H3/t15?,21-,23-,24+/m1/s1. The number of carbonyl (C=O) groups excluding carboxylic acids is 1. The van der Waals surface area contributed by atoms with E-state index in [2.05, 4.69) is 31.0 Å². The summed E-state index contributed by atoms with van der Waals surface area (Å²) in [7, 11) is 3.62. The number of carbonyl (C=O) groups is 1. The van der Waals surface area contributed by atoms with Gasteiger partial charge in [0.2, 0.25) is 0 Å². The molecule has 6 heteroatoms. The zero-order chi connectivity index (χ0) is 21.2. The fraction of sp³-hybridized carbons (Fsp3) is 0.375. The number of benzene rings is 2. The number of hydrogen-bond acceptors (Lipinski definition) is 6. The summed E-state index contributed by atoms with van der Waals surface area (Å²) in [5, 5.41) is 21.4. The molecular formula is C24H25NO4S. The maximum Gasteiger partial charge on any atom is 0.197 e. The highest BCUT2D eigenvalue weighted by Crippen LogP contribution is 2.63. The molecule has 0 aromatic heterocycles. The molecule has 4 atom stereocenters. The molecule has 0 spiro atoms. The molecule has 0 amide bonds. The van der Waals surface area contributed by atoms with Crippen LogP contribution in [0, 0.1) is 12.8 Å². The third-order valence-corrected chi connectivity index (χ3v) is 8.50. The Balaban J connectivity index is 1.74. The van der Waals surface area contributed by atoms with Crippen molar-refractivity contribution in [1.29, 1.82) is 0 Å². The van der Waals surface area contributed by atoms with Crippen molar-refractivity contribution in [2.75, 3.05) is 20.7 Å². The van der Waals surface area contributed by atoms with Crippen LogP contribution in [0.4, 0.5) is 0 Å². The van der Waals surface area contributed by atoms with E-state index in [9.17, 15) is 15.0 Å². The van der Waals surface area contributed by atoms with Crippen LogP contribution >= 0.6 is 11.8 Å². The predicted octanol–water partition coefficient (Wildman–Crippen LogP) is 3.92. The Morgan fingerprint density at radius 2 is 1.97 bits per heavy atom. The SMILES string of the molecule is COC1=CC2[C@@H]3[C@H](Sc4ccccc4C)c4ccc(O)c(O)c4[C@@]2(CC1=O)CN3C. The van der Waals surface area contributed by atoms with Gasteiger partial charge in [0, 0.05) is 40.8 Å². The summed E-state index contributed by atoms with van der Waals surface area (Å²) in [5.74, 6) is 0.129. The third kappa shape index (κ3) is 2.56. The number of Topliss-reactive ketones (excluding diaryl/α,β-unsaturated/α-hetero) is 1. The molecule has 5 rings (SSSR count). The summed E-state index contributed by atoms with van der Waals surface area (Å²) < 4.78 is 5.40. The second-order valence-electron chi connectivity index (χ2n) is 8.62. The lowest BCUT2D eigenvalue weighted by atomic mass is 9.59. The number of phenolic OH excluding ortho intramolecular Hbond substituents is 2. The molecule has 2 aromatic carbocycles. The van der Waals surface area contributed by atoms with Gasteiger partial charge in [-0.2, -0.15) is 0 Å². The van der Waals surface area contributed by atoms with E-state index in [4.69, 9.17) is 4.74 Å². The number of rotatable bonds is 3. The van der Waals surface area contributed by atoms with Crippen molar-refractivity contribution in [3.63, 3.8) is 0 Å². The summed E-state index contributed by atoms with van der Waals surface area (Å²) in [6.07, 6.45) is 2.22. The monoisotopic (exact) mass is 423 g/mol. The molecule has 2 bridgehead atoms. The summed E-state index contributed by atoms with van der Waals surface area (Å²) in [5.41, 5.74) is 2.38. The number of allylic oxidation sites excluding steroid dienone is 1. The van der Waals surface area contributed by atoms with Crippen molar-refractivity contribution in [2.24, 2.45) is 5.92 Å². The highest BCUT2D eigenvalue weighted by molar-refractivity contribution is 7.99. The number of likely N-dealkylation sites (N-methyl/N-ethyl adjacent to an activating group) is 1. The van der Waals surface area contributed by atoms with Gasteiger partial charge in [-0.05, 0) is 43.3 Å². The van der Waals surface area contributed by atoms with Gasteiger partial charge in [0.05, 0.1) is 12.4 Å². The molecule has 0 saturated carbocycles. The highest BCUT2D eigenvalue weighted by atomic mass is 32.2. The van der Waals surface area contributed by atoms with Gasteiger partial charge in [0.25, 0.3) is 0 Å². The van der Waals surface area contributed by atoms with Crippen LogP contribution in [0.3, 0.4) is 0 Å². The number of thioether (sulfide) groups is 1. The summed E-state index contributed by atoms with van der Waals surface area (Å²) >= 11 is 1.78. The van der Waals surface area contributed by atoms with Crippen LogP contribution in [-0.4, -0.2) is 47.6 Å². The van der Waals surface area contributed by atoms with E-state index in [1.807, 2.05) is 24.3 Å². The number of hydrogen-bond donors (Lipinski definition) is 2. The number of fused-ring (bicyclic) bond motifs is 1. The van der Waals surface area contributed by atoms with Crippen LogP contribution in [0.15, 0.2) is 53.1 Å². The molecule has 2 aromatic rings. The Labute approximate surface area is 180 Å². The van der Waals surface area contributed by atoms with Crippen molar-refractivity contribution in [2.45, 2.75) is 34.9 Å². The first-order chi connectivity index (χ1) is 14.4. The molecule has 1 aliphatic heterocycles. The number of ether oxygens (including phenoxy) is 1. The lowest BCUT2D eigenvalue weighted by Crippen LogP contribution is -2.46. The predicted molar refractivity (Wildman–Crippen MR) is 116 cm³/mol. The fourth-order valence-electron chi connectivity index (χ4n) is 5.75. The van der Waals surface area contributed by atoms with Crippen LogP contribution < -0.4 is 0 Å². The van der Waals surface area contributed by atoms with Gasteiger partial charge in [0.1, 0.15) is 0 Å². The van der Waals surface area contributed by atoms with Crippen LogP contribution in [0.25, 0.3) is 0 Å². The first-order valence-corrected chi connectivity index (χ1v) is 11.0. The number of ketones is 1. The van der Waals surface area contributed by atoms with Gasteiger partial charge in [0.15, 0.2) is 23.0 Å². The number of likely N-dealkylation sites (tertiary alicyclic amines) is 1. The molecule has 1 unspecified atom stereocenters. The summed E-state index contributed by atoms with van der Waals surface area (Å²) in [6.45, 7) is 2.75. The molecule has 1 fully saturated rings. The third-order valence-electron chi connectivity index (χ3n) is 7.00. The molecular weight excluding hydrogens is 398 g/mol. The molecule has 2 aliphatic carbocycles. The van der Waals surface area contributed by atoms with E-state index in [1.165, 1.54) is 17.6 Å². The van der Waals surface area contributed by atoms with Gasteiger partial charge in [-0.25, -0.2) is 0 Å². The van der Waals surface area contributed by atoms with E-state index < -0.39 is 5.41 Å². The Hall–Kier alpha value is -2.44. The molecule has 1 heterocycles. The van der Waals surface area contributed by atoms with Gasteiger partial charge < -0.3 is 19.8 Å². The number of phenols is 2. The zero-order valence-electron chi connectivity index (χ0n) is 17.3. The molecule has 30 heavy (non-hydrogen) atoms. The van der Waals surface area contributed by atoms with Crippen LogP contribution in [0.5, 0.6) is 11.5 Å². The van der Waals surface area contributed by atoms with E-state index in [-0.39, 0.29) is 40.9 Å². The van der Waals surface area contributed by atoms with Crippen molar-refractivity contribution < 1.29 is 19.7 Å². The second-order valence-corrected chi connectivity index (χ2v) is 9.81. The largest absolute Gasteiger partial charge is 0.504 e. The average molecular weight is 424 g/mol. The topological polar surface area (TPSA) is 70.0 Å².